The van der Waals surface area contributed by atoms with Crippen molar-refractivity contribution in [2.75, 3.05) is 5.32 Å². The number of carbonyl (C=O) groups is 1. The first-order valence-corrected chi connectivity index (χ1v) is 6.83. The first kappa shape index (κ1) is 13.6. The Morgan fingerprint density at radius 3 is 3.05 bits per heavy atom. The molecule has 2 aromatic rings. The number of hydrogen-bond acceptors (Lipinski definition) is 5. The highest BCUT2D eigenvalue weighted by molar-refractivity contribution is 7.10. The zero-order valence-corrected chi connectivity index (χ0v) is 11.7. The van der Waals surface area contributed by atoms with Crippen molar-refractivity contribution in [3.05, 3.63) is 35.4 Å². The van der Waals surface area contributed by atoms with Gasteiger partial charge in [-0.2, -0.15) is 4.37 Å². The minimum Gasteiger partial charge on any atom is -0.478 e. The normalized spacial score (nSPS) is 12.3. The number of furan rings is 1. The Labute approximate surface area is 115 Å². The number of rotatable bonds is 6. The molecule has 0 saturated carbocycles. The number of aryl methyl sites for hydroxylation is 2. The molecule has 0 aromatic carbocycles. The monoisotopic (exact) mass is 280 g/mol. The molecule has 2 N–H and O–H groups in total. The highest BCUT2D eigenvalue weighted by Gasteiger charge is 2.18. The van der Waals surface area contributed by atoms with Gasteiger partial charge in [-0.25, -0.2) is 4.79 Å². The second-order valence-corrected chi connectivity index (χ2v) is 5.21. The number of aromatic nitrogens is 1. The van der Waals surface area contributed by atoms with E-state index in [1.165, 1.54) is 11.5 Å². The molecule has 0 aliphatic rings. The molecular weight excluding hydrogens is 264 g/mol. The summed E-state index contributed by atoms with van der Waals surface area (Å²) in [7, 11) is 0. The van der Waals surface area contributed by atoms with Crippen LogP contribution in [0.4, 0.5) is 5.00 Å². The van der Waals surface area contributed by atoms with E-state index in [1.54, 1.807) is 13.2 Å². The lowest BCUT2D eigenvalue weighted by atomic mass is 10.1. The van der Waals surface area contributed by atoms with Gasteiger partial charge in [0, 0.05) is 12.5 Å². The summed E-state index contributed by atoms with van der Waals surface area (Å²) in [6.45, 7) is 3.72. The minimum atomic E-state index is -0.938. The van der Waals surface area contributed by atoms with E-state index in [9.17, 15) is 4.79 Å². The van der Waals surface area contributed by atoms with Crippen molar-refractivity contribution in [3.63, 3.8) is 0 Å². The van der Waals surface area contributed by atoms with Gasteiger partial charge in [-0.3, -0.25) is 0 Å². The van der Waals surface area contributed by atoms with Crippen LogP contribution in [0.1, 0.15) is 35.2 Å². The van der Waals surface area contributed by atoms with Gasteiger partial charge in [0.25, 0.3) is 0 Å². The summed E-state index contributed by atoms with van der Waals surface area (Å²) < 4.78 is 9.35. The van der Waals surface area contributed by atoms with Crippen molar-refractivity contribution in [2.24, 2.45) is 0 Å². The Morgan fingerprint density at radius 1 is 1.63 bits per heavy atom. The minimum absolute atomic E-state index is 0.156. The largest absolute Gasteiger partial charge is 0.478 e. The molecule has 0 bridgehead atoms. The van der Waals surface area contributed by atoms with Crippen molar-refractivity contribution in [1.29, 1.82) is 0 Å². The average Bonchev–Trinajstić information content (AvgIpc) is 2.96. The summed E-state index contributed by atoms with van der Waals surface area (Å²) >= 11 is 1.19. The van der Waals surface area contributed by atoms with Crippen molar-refractivity contribution >= 4 is 22.5 Å². The topological polar surface area (TPSA) is 75.4 Å². The van der Waals surface area contributed by atoms with Crippen LogP contribution < -0.4 is 5.32 Å². The number of carboxylic acid groups (broad SMARTS) is 1. The number of hydrogen-bond donors (Lipinski definition) is 2. The molecule has 0 aliphatic heterocycles. The van der Waals surface area contributed by atoms with Crippen molar-refractivity contribution in [3.8, 4) is 0 Å². The summed E-state index contributed by atoms with van der Waals surface area (Å²) in [5.41, 5.74) is 0.827. The van der Waals surface area contributed by atoms with Gasteiger partial charge in [0.05, 0.1) is 12.0 Å². The Morgan fingerprint density at radius 2 is 2.42 bits per heavy atom. The van der Waals surface area contributed by atoms with E-state index >= 15 is 0 Å². The fourth-order valence-corrected chi connectivity index (χ4v) is 2.73. The van der Waals surface area contributed by atoms with E-state index in [0.717, 1.165) is 18.6 Å². The second-order valence-electron chi connectivity index (χ2n) is 4.44. The van der Waals surface area contributed by atoms with E-state index < -0.39 is 5.97 Å². The molecule has 0 radical (unpaired) electrons. The van der Waals surface area contributed by atoms with E-state index in [-0.39, 0.29) is 11.6 Å². The standard InChI is InChI=1S/C13H16N2O3S/c1-8(5-6-10-4-3-7-18-10)14-12-11(13(16)17)9(2)15-19-12/h3-4,7-8,14H,5-6H2,1-2H3,(H,16,17). The number of aromatic carboxylic acids is 1. The quantitative estimate of drug-likeness (QED) is 0.850. The van der Waals surface area contributed by atoms with Gasteiger partial charge in [-0.1, -0.05) is 0 Å². The van der Waals surface area contributed by atoms with Crippen LogP contribution in [-0.2, 0) is 6.42 Å². The SMILES string of the molecule is Cc1nsc(NC(C)CCc2ccco2)c1C(=O)O. The molecule has 5 nitrogen and oxygen atoms in total. The zero-order valence-electron chi connectivity index (χ0n) is 10.8. The Balaban J connectivity index is 1.95. The molecular formula is C13H16N2O3S. The predicted octanol–water partition coefficient (Wildman–Crippen LogP) is 3.18. The second kappa shape index (κ2) is 5.88. The van der Waals surface area contributed by atoms with E-state index in [0.29, 0.717) is 10.7 Å². The van der Waals surface area contributed by atoms with Crippen LogP contribution in [0.15, 0.2) is 22.8 Å². The average molecular weight is 280 g/mol. The molecule has 2 rings (SSSR count). The van der Waals surface area contributed by atoms with Crippen LogP contribution in [0.2, 0.25) is 0 Å². The van der Waals surface area contributed by atoms with Gasteiger partial charge in [-0.15, -0.1) is 0 Å². The summed E-state index contributed by atoms with van der Waals surface area (Å²) in [5, 5.41) is 13.0. The first-order valence-electron chi connectivity index (χ1n) is 6.06. The van der Waals surface area contributed by atoms with Crippen LogP contribution in [0, 0.1) is 6.92 Å². The molecule has 0 amide bonds. The number of nitrogens with one attached hydrogen (secondary N) is 1. The molecule has 19 heavy (non-hydrogen) atoms. The van der Waals surface area contributed by atoms with Crippen LogP contribution in [0.25, 0.3) is 0 Å². The Kier molecular flexibility index (Phi) is 4.21. The highest BCUT2D eigenvalue weighted by atomic mass is 32.1. The van der Waals surface area contributed by atoms with Gasteiger partial charge < -0.3 is 14.8 Å². The lowest BCUT2D eigenvalue weighted by Crippen LogP contribution is -2.17. The summed E-state index contributed by atoms with van der Waals surface area (Å²) in [6, 6.07) is 3.96. The molecule has 6 heteroatoms. The number of anilines is 1. The lowest BCUT2D eigenvalue weighted by molar-refractivity contribution is 0.0697. The zero-order chi connectivity index (χ0) is 13.8. The van der Waals surface area contributed by atoms with Crippen LogP contribution >= 0.6 is 11.5 Å². The Hall–Kier alpha value is -1.82. The first-order chi connectivity index (χ1) is 9.08. The third-order valence-electron chi connectivity index (χ3n) is 2.86. The van der Waals surface area contributed by atoms with Crippen molar-refractivity contribution in [2.45, 2.75) is 32.7 Å². The highest BCUT2D eigenvalue weighted by Crippen LogP contribution is 2.25. The lowest BCUT2D eigenvalue weighted by Gasteiger charge is -2.13. The molecule has 0 fully saturated rings. The summed E-state index contributed by atoms with van der Waals surface area (Å²) in [5.74, 6) is -0.000391. The third kappa shape index (κ3) is 3.35. The number of carboxylic acids is 1. The van der Waals surface area contributed by atoms with Crippen LogP contribution in [0.5, 0.6) is 0 Å². The van der Waals surface area contributed by atoms with E-state index in [1.807, 2.05) is 19.1 Å². The van der Waals surface area contributed by atoms with Gasteiger partial charge in [0.15, 0.2) is 0 Å². The van der Waals surface area contributed by atoms with Gasteiger partial charge in [0.2, 0.25) is 0 Å². The smallest absolute Gasteiger partial charge is 0.340 e. The Bertz CT molecular complexity index is 548. The molecule has 102 valence electrons. The molecule has 2 aromatic heterocycles. The van der Waals surface area contributed by atoms with Crippen LogP contribution in [0.3, 0.4) is 0 Å². The number of nitrogens with zero attached hydrogens (tertiary/aromatic N) is 1. The van der Waals surface area contributed by atoms with E-state index in [4.69, 9.17) is 9.52 Å². The molecule has 0 spiro atoms. The van der Waals surface area contributed by atoms with Gasteiger partial charge >= 0.3 is 5.97 Å². The maximum atomic E-state index is 11.1. The molecule has 0 saturated heterocycles. The third-order valence-corrected chi connectivity index (χ3v) is 3.73. The van der Waals surface area contributed by atoms with Crippen LogP contribution in [-0.4, -0.2) is 21.5 Å². The van der Waals surface area contributed by atoms with Crippen molar-refractivity contribution < 1.29 is 14.3 Å². The molecule has 1 unspecified atom stereocenters. The summed E-state index contributed by atoms with van der Waals surface area (Å²) in [6.07, 6.45) is 3.34. The maximum Gasteiger partial charge on any atom is 0.340 e. The molecule has 1 atom stereocenters. The van der Waals surface area contributed by atoms with E-state index in [2.05, 4.69) is 9.69 Å². The fraction of sp³-hybridized carbons (Fsp3) is 0.385. The predicted molar refractivity (Wildman–Crippen MR) is 73.9 cm³/mol. The fourth-order valence-electron chi connectivity index (χ4n) is 1.83. The maximum absolute atomic E-state index is 11.1. The molecule has 0 aliphatic carbocycles. The molecule has 2 heterocycles. The van der Waals surface area contributed by atoms with Gasteiger partial charge in [0.1, 0.15) is 16.3 Å². The van der Waals surface area contributed by atoms with Gasteiger partial charge in [-0.05, 0) is 43.9 Å². The summed E-state index contributed by atoms with van der Waals surface area (Å²) in [4.78, 5) is 11.1. The van der Waals surface area contributed by atoms with Crippen molar-refractivity contribution in [1.82, 2.24) is 4.37 Å².